The monoisotopic (exact) mass is 410 g/mol. The lowest BCUT2D eigenvalue weighted by Gasteiger charge is -2.18. The maximum absolute atomic E-state index is 13.7. The van der Waals surface area contributed by atoms with Gasteiger partial charge in [0, 0.05) is 19.2 Å². The van der Waals surface area contributed by atoms with E-state index in [0.29, 0.717) is 5.56 Å². The molecule has 0 saturated carbocycles. The van der Waals surface area contributed by atoms with Crippen molar-refractivity contribution >= 4 is 21.9 Å². The van der Waals surface area contributed by atoms with Crippen molar-refractivity contribution in [2.45, 2.75) is 11.4 Å². The van der Waals surface area contributed by atoms with Crippen LogP contribution in [0.1, 0.15) is 15.9 Å². The van der Waals surface area contributed by atoms with Gasteiger partial charge in [-0.2, -0.15) is 0 Å². The summed E-state index contributed by atoms with van der Waals surface area (Å²) in [4.78, 5) is 25.3. The third-order valence-electron chi connectivity index (χ3n) is 3.84. The lowest BCUT2D eigenvalue weighted by molar-refractivity contribution is -0.133. The molecule has 0 unspecified atom stereocenters. The molecule has 1 amide bonds. The third-order valence-corrected chi connectivity index (χ3v) is 4.75. The van der Waals surface area contributed by atoms with Crippen LogP contribution in [0, 0.1) is 5.82 Å². The van der Waals surface area contributed by atoms with Crippen molar-refractivity contribution in [1.29, 1.82) is 0 Å². The Morgan fingerprint density at radius 3 is 2.46 bits per heavy atom. The number of hydrogen-bond donors (Lipinski definition) is 1. The number of nitrogens with zero attached hydrogens (tertiary/aromatic N) is 1. The van der Waals surface area contributed by atoms with Crippen LogP contribution in [0.4, 0.5) is 4.39 Å². The van der Waals surface area contributed by atoms with Crippen LogP contribution in [0.25, 0.3) is 0 Å². The fourth-order valence-corrected chi connectivity index (χ4v) is 2.85. The molecule has 2 aromatic carbocycles. The number of esters is 1. The summed E-state index contributed by atoms with van der Waals surface area (Å²) in [7, 11) is -1.32. The van der Waals surface area contributed by atoms with Gasteiger partial charge in [-0.05, 0) is 24.3 Å². The Morgan fingerprint density at radius 2 is 1.86 bits per heavy atom. The van der Waals surface area contributed by atoms with Crippen molar-refractivity contribution in [2.75, 3.05) is 20.8 Å². The minimum Gasteiger partial charge on any atom is -0.496 e. The van der Waals surface area contributed by atoms with E-state index in [9.17, 15) is 22.4 Å². The predicted molar refractivity (Wildman–Crippen MR) is 97.5 cm³/mol. The molecule has 0 aliphatic rings. The molecular formula is C18H19FN2O6S. The number of amides is 1. The highest BCUT2D eigenvalue weighted by Gasteiger charge is 2.20. The maximum atomic E-state index is 13.7. The molecular weight excluding hydrogens is 391 g/mol. The molecule has 0 spiro atoms. The van der Waals surface area contributed by atoms with E-state index in [1.807, 2.05) is 0 Å². The number of halogens is 1. The van der Waals surface area contributed by atoms with E-state index in [2.05, 4.69) is 0 Å². The number of carbonyl (C=O) groups excluding carboxylic acids is 2. The maximum Gasteiger partial charge on any atom is 0.342 e. The fraction of sp³-hybridized carbons (Fsp3) is 0.222. The number of ether oxygens (including phenoxy) is 2. The van der Waals surface area contributed by atoms with Gasteiger partial charge in [-0.1, -0.05) is 18.2 Å². The van der Waals surface area contributed by atoms with Gasteiger partial charge in [0.25, 0.3) is 5.91 Å². The molecule has 0 fully saturated rings. The Kier molecular flexibility index (Phi) is 6.71. The lowest BCUT2D eigenvalue weighted by atomic mass is 10.2. The Hall–Kier alpha value is -2.98. The molecule has 10 heteroatoms. The van der Waals surface area contributed by atoms with Crippen LogP contribution < -0.4 is 9.88 Å². The van der Waals surface area contributed by atoms with Crippen LogP contribution in [-0.2, 0) is 26.1 Å². The number of methoxy groups -OCH3 is 1. The quantitative estimate of drug-likeness (QED) is 0.688. The molecule has 2 rings (SSSR count). The zero-order valence-electron chi connectivity index (χ0n) is 15.2. The molecule has 0 heterocycles. The van der Waals surface area contributed by atoms with Crippen molar-refractivity contribution in [3.8, 4) is 5.75 Å². The number of primary sulfonamides is 1. The van der Waals surface area contributed by atoms with Crippen LogP contribution in [0.3, 0.4) is 0 Å². The van der Waals surface area contributed by atoms with E-state index in [1.54, 1.807) is 6.07 Å². The number of rotatable bonds is 7. The summed E-state index contributed by atoms with van der Waals surface area (Å²) in [6, 6.07) is 9.42. The molecule has 2 N–H and O–H groups in total. The summed E-state index contributed by atoms with van der Waals surface area (Å²) in [5.74, 6) is -1.93. The third kappa shape index (κ3) is 5.27. The summed E-state index contributed by atoms with van der Waals surface area (Å²) in [5, 5.41) is 5.05. The SMILES string of the molecule is COc1ccc(S(N)(=O)=O)cc1C(=O)OCC(=O)N(C)Cc1ccccc1F. The predicted octanol–water partition coefficient (Wildman–Crippen LogP) is 1.30. The Balaban J connectivity index is 2.07. The van der Waals surface area contributed by atoms with E-state index < -0.39 is 34.3 Å². The molecule has 0 radical (unpaired) electrons. The molecule has 8 nitrogen and oxygen atoms in total. The van der Waals surface area contributed by atoms with E-state index in [0.717, 1.165) is 6.07 Å². The van der Waals surface area contributed by atoms with Crippen molar-refractivity contribution in [2.24, 2.45) is 5.14 Å². The van der Waals surface area contributed by atoms with E-state index in [1.165, 1.54) is 49.4 Å². The summed E-state index contributed by atoms with van der Waals surface area (Å²) >= 11 is 0. The van der Waals surface area contributed by atoms with Gasteiger partial charge in [0.15, 0.2) is 6.61 Å². The number of sulfonamides is 1. The molecule has 0 aliphatic heterocycles. The molecule has 0 aliphatic carbocycles. The Bertz CT molecular complexity index is 993. The second kappa shape index (κ2) is 8.81. The van der Waals surface area contributed by atoms with Crippen LogP contribution in [0.15, 0.2) is 47.4 Å². The number of carbonyl (C=O) groups is 2. The van der Waals surface area contributed by atoms with Gasteiger partial charge < -0.3 is 14.4 Å². The minimum atomic E-state index is -4.04. The lowest BCUT2D eigenvalue weighted by Crippen LogP contribution is -2.31. The van der Waals surface area contributed by atoms with Gasteiger partial charge in [0.2, 0.25) is 10.0 Å². The van der Waals surface area contributed by atoms with Gasteiger partial charge in [0.1, 0.15) is 17.1 Å². The van der Waals surface area contributed by atoms with E-state index in [4.69, 9.17) is 14.6 Å². The number of likely N-dealkylation sites (N-methyl/N-ethyl adjacent to an activating group) is 1. The Labute approximate surface area is 161 Å². The van der Waals surface area contributed by atoms with Gasteiger partial charge in [-0.3, -0.25) is 4.79 Å². The van der Waals surface area contributed by atoms with Gasteiger partial charge in [-0.15, -0.1) is 0 Å². The number of benzene rings is 2. The molecule has 0 saturated heterocycles. The molecule has 0 atom stereocenters. The summed E-state index contributed by atoms with van der Waals surface area (Å²) < 4.78 is 46.5. The zero-order valence-corrected chi connectivity index (χ0v) is 16.0. The molecule has 150 valence electrons. The first-order chi connectivity index (χ1) is 13.1. The minimum absolute atomic E-state index is 0.00667. The molecule has 0 aromatic heterocycles. The highest BCUT2D eigenvalue weighted by Crippen LogP contribution is 2.22. The largest absolute Gasteiger partial charge is 0.496 e. The van der Waals surface area contributed by atoms with Crippen LogP contribution in [0.5, 0.6) is 5.75 Å². The fourth-order valence-electron chi connectivity index (χ4n) is 2.31. The topological polar surface area (TPSA) is 116 Å². The van der Waals surface area contributed by atoms with Crippen LogP contribution in [-0.4, -0.2) is 46.0 Å². The standard InChI is InChI=1S/C18H19FN2O6S/c1-21(10-12-5-3-4-6-15(12)19)17(22)11-27-18(23)14-9-13(28(20,24)25)7-8-16(14)26-2/h3-9H,10-11H2,1-2H3,(H2,20,24,25). The van der Waals surface area contributed by atoms with Gasteiger partial charge in [-0.25, -0.2) is 22.7 Å². The van der Waals surface area contributed by atoms with E-state index >= 15 is 0 Å². The summed E-state index contributed by atoms with van der Waals surface area (Å²) in [6.07, 6.45) is 0. The molecule has 0 bridgehead atoms. The van der Waals surface area contributed by atoms with Crippen molar-refractivity contribution in [3.63, 3.8) is 0 Å². The first-order valence-corrected chi connectivity index (χ1v) is 9.53. The molecule has 28 heavy (non-hydrogen) atoms. The first kappa shape index (κ1) is 21.3. The average Bonchev–Trinajstić information content (AvgIpc) is 2.66. The molecule has 2 aromatic rings. The first-order valence-electron chi connectivity index (χ1n) is 7.99. The zero-order chi connectivity index (χ0) is 20.9. The summed E-state index contributed by atoms with van der Waals surface area (Å²) in [5.41, 5.74) is 0.116. The number of nitrogens with two attached hydrogens (primary N) is 1. The van der Waals surface area contributed by atoms with Crippen LogP contribution >= 0.6 is 0 Å². The van der Waals surface area contributed by atoms with Crippen molar-refractivity contribution < 1.29 is 31.9 Å². The van der Waals surface area contributed by atoms with E-state index in [-0.39, 0.29) is 22.8 Å². The number of hydrogen-bond acceptors (Lipinski definition) is 6. The smallest absolute Gasteiger partial charge is 0.342 e. The summed E-state index contributed by atoms with van der Waals surface area (Å²) in [6.45, 7) is -0.625. The van der Waals surface area contributed by atoms with Crippen molar-refractivity contribution in [3.05, 3.63) is 59.4 Å². The Morgan fingerprint density at radius 1 is 1.18 bits per heavy atom. The second-order valence-electron chi connectivity index (χ2n) is 5.82. The van der Waals surface area contributed by atoms with Gasteiger partial charge in [0.05, 0.1) is 12.0 Å². The van der Waals surface area contributed by atoms with Crippen molar-refractivity contribution in [1.82, 2.24) is 4.90 Å². The average molecular weight is 410 g/mol. The van der Waals surface area contributed by atoms with Gasteiger partial charge >= 0.3 is 5.97 Å². The van der Waals surface area contributed by atoms with Crippen LogP contribution in [0.2, 0.25) is 0 Å². The normalized spacial score (nSPS) is 11.0. The highest BCUT2D eigenvalue weighted by atomic mass is 32.2. The highest BCUT2D eigenvalue weighted by molar-refractivity contribution is 7.89. The second-order valence-corrected chi connectivity index (χ2v) is 7.39.